The summed E-state index contributed by atoms with van der Waals surface area (Å²) in [7, 11) is 4.00. The van der Waals surface area contributed by atoms with Crippen LogP contribution in [0.25, 0.3) is 0 Å². The first-order chi connectivity index (χ1) is 7.06. The molecular weight excluding hydrogens is 200 g/mol. The van der Waals surface area contributed by atoms with E-state index in [4.69, 9.17) is 4.74 Å². The maximum Gasteiger partial charge on any atom is 0.336 e. The van der Waals surface area contributed by atoms with Gasteiger partial charge in [0.05, 0.1) is 39.1 Å². The zero-order chi connectivity index (χ0) is 11.8. The summed E-state index contributed by atoms with van der Waals surface area (Å²) < 4.78 is 13.8. The van der Waals surface area contributed by atoms with Crippen LogP contribution in [0.5, 0.6) is 0 Å². The normalized spacial score (nSPS) is 12.9. The Hall–Kier alpha value is -1.52. The molecule has 15 heavy (non-hydrogen) atoms. The number of carbonyl (C=O) groups excluding carboxylic acids is 2. The summed E-state index contributed by atoms with van der Waals surface area (Å²) in [4.78, 5) is 22.3. The van der Waals surface area contributed by atoms with Crippen LogP contribution in [0.1, 0.15) is 13.3 Å². The van der Waals surface area contributed by atoms with Crippen molar-refractivity contribution in [1.29, 1.82) is 0 Å². The zero-order valence-corrected chi connectivity index (χ0v) is 9.40. The van der Waals surface area contributed by atoms with E-state index in [2.05, 4.69) is 9.47 Å². The lowest BCUT2D eigenvalue weighted by atomic mass is 10.0. The molecule has 0 aromatic rings. The molecule has 0 rings (SSSR count). The number of carbonyl (C=O) groups is 2. The number of hydrogen-bond donors (Lipinski definition) is 0. The van der Waals surface area contributed by atoms with Gasteiger partial charge in [-0.2, -0.15) is 0 Å². The fourth-order valence-corrected chi connectivity index (χ4v) is 1.07. The Morgan fingerprint density at radius 1 is 1.20 bits per heavy atom. The van der Waals surface area contributed by atoms with E-state index in [0.717, 1.165) is 0 Å². The standard InChI is InChI=1S/C10H16O5/c1-7(9(11)14-3)5-8(6-13-2)10(12)15-4/h6-7H,5H2,1-4H3. The maximum absolute atomic E-state index is 11.2. The van der Waals surface area contributed by atoms with E-state index in [9.17, 15) is 9.59 Å². The smallest absolute Gasteiger partial charge is 0.336 e. The first-order valence-corrected chi connectivity index (χ1v) is 4.44. The molecule has 5 heteroatoms. The van der Waals surface area contributed by atoms with Gasteiger partial charge in [0, 0.05) is 0 Å². The molecule has 0 aromatic carbocycles. The maximum atomic E-state index is 11.2. The molecule has 0 saturated heterocycles. The molecule has 0 aliphatic rings. The molecule has 0 N–H and O–H groups in total. The van der Waals surface area contributed by atoms with Crippen LogP contribution in [0.3, 0.4) is 0 Å². The van der Waals surface area contributed by atoms with Crippen LogP contribution in [0, 0.1) is 5.92 Å². The summed E-state index contributed by atoms with van der Waals surface area (Å²) in [5.41, 5.74) is 0.304. The predicted octanol–water partition coefficient (Wildman–Crippen LogP) is 0.889. The van der Waals surface area contributed by atoms with Gasteiger partial charge < -0.3 is 14.2 Å². The van der Waals surface area contributed by atoms with E-state index < -0.39 is 11.9 Å². The van der Waals surface area contributed by atoms with E-state index in [1.165, 1.54) is 27.6 Å². The number of hydrogen-bond acceptors (Lipinski definition) is 5. The lowest BCUT2D eigenvalue weighted by Gasteiger charge is -2.10. The van der Waals surface area contributed by atoms with Gasteiger partial charge in [0.2, 0.25) is 0 Å². The molecule has 0 aliphatic carbocycles. The molecule has 0 fully saturated rings. The van der Waals surface area contributed by atoms with Crippen LogP contribution in [0.2, 0.25) is 0 Å². The fourth-order valence-electron chi connectivity index (χ4n) is 1.07. The van der Waals surface area contributed by atoms with Crippen molar-refractivity contribution >= 4 is 11.9 Å². The molecule has 0 saturated carbocycles. The lowest BCUT2D eigenvalue weighted by molar-refractivity contribution is -0.145. The minimum atomic E-state index is -0.507. The molecular formula is C10H16O5. The first kappa shape index (κ1) is 13.5. The first-order valence-electron chi connectivity index (χ1n) is 4.44. The van der Waals surface area contributed by atoms with Crippen LogP contribution in [0.4, 0.5) is 0 Å². The highest BCUT2D eigenvalue weighted by Crippen LogP contribution is 2.14. The topological polar surface area (TPSA) is 61.8 Å². The molecule has 0 radical (unpaired) electrons. The number of rotatable bonds is 5. The van der Waals surface area contributed by atoms with E-state index in [1.54, 1.807) is 6.92 Å². The zero-order valence-electron chi connectivity index (χ0n) is 9.40. The number of esters is 2. The largest absolute Gasteiger partial charge is 0.504 e. The highest BCUT2D eigenvalue weighted by atomic mass is 16.5. The van der Waals surface area contributed by atoms with Gasteiger partial charge in [0.25, 0.3) is 0 Å². The molecule has 1 atom stereocenters. The highest BCUT2D eigenvalue weighted by Gasteiger charge is 2.20. The van der Waals surface area contributed by atoms with Crippen molar-refractivity contribution in [3.63, 3.8) is 0 Å². The Labute approximate surface area is 89.0 Å². The van der Waals surface area contributed by atoms with Crippen molar-refractivity contribution in [2.45, 2.75) is 13.3 Å². The van der Waals surface area contributed by atoms with Crippen LogP contribution >= 0.6 is 0 Å². The monoisotopic (exact) mass is 216 g/mol. The average molecular weight is 216 g/mol. The average Bonchev–Trinajstić information content (AvgIpc) is 2.26. The van der Waals surface area contributed by atoms with Gasteiger partial charge in [-0.25, -0.2) is 4.79 Å². The van der Waals surface area contributed by atoms with Crippen LogP contribution < -0.4 is 0 Å². The summed E-state index contributed by atoms with van der Waals surface area (Å²) in [5, 5.41) is 0. The van der Waals surface area contributed by atoms with Crippen molar-refractivity contribution in [3.8, 4) is 0 Å². The molecule has 86 valence electrons. The molecule has 0 heterocycles. The molecule has 1 unspecified atom stereocenters. The second kappa shape index (κ2) is 6.86. The minimum absolute atomic E-state index is 0.229. The van der Waals surface area contributed by atoms with Crippen LogP contribution in [-0.2, 0) is 23.8 Å². The van der Waals surface area contributed by atoms with E-state index >= 15 is 0 Å². The quantitative estimate of drug-likeness (QED) is 0.388. The second-order valence-corrected chi connectivity index (χ2v) is 3.00. The summed E-state index contributed by atoms with van der Waals surface area (Å²) in [6.45, 7) is 1.66. The molecule has 0 bridgehead atoms. The second-order valence-electron chi connectivity index (χ2n) is 3.00. The van der Waals surface area contributed by atoms with Crippen LogP contribution in [-0.4, -0.2) is 33.3 Å². The van der Waals surface area contributed by atoms with Crippen LogP contribution in [0.15, 0.2) is 11.8 Å². The van der Waals surface area contributed by atoms with Crippen molar-refractivity contribution < 1.29 is 23.8 Å². The minimum Gasteiger partial charge on any atom is -0.504 e. The van der Waals surface area contributed by atoms with Gasteiger partial charge in [-0.3, -0.25) is 4.79 Å². The third-order valence-electron chi connectivity index (χ3n) is 1.84. The van der Waals surface area contributed by atoms with Gasteiger partial charge in [0.15, 0.2) is 0 Å². The van der Waals surface area contributed by atoms with E-state index in [1.807, 2.05) is 0 Å². The summed E-state index contributed by atoms with van der Waals surface area (Å²) >= 11 is 0. The molecule has 0 amide bonds. The lowest BCUT2D eigenvalue weighted by Crippen LogP contribution is -2.17. The molecule has 0 aromatic heterocycles. The summed E-state index contributed by atoms with van der Waals surface area (Å²) in [6.07, 6.45) is 1.50. The molecule has 5 nitrogen and oxygen atoms in total. The Morgan fingerprint density at radius 2 is 1.80 bits per heavy atom. The van der Waals surface area contributed by atoms with E-state index in [-0.39, 0.29) is 12.4 Å². The van der Waals surface area contributed by atoms with Gasteiger partial charge in [-0.15, -0.1) is 0 Å². The van der Waals surface area contributed by atoms with E-state index in [0.29, 0.717) is 5.57 Å². The summed E-state index contributed by atoms with van der Waals surface area (Å²) in [6, 6.07) is 0. The number of methoxy groups -OCH3 is 3. The molecule has 0 spiro atoms. The SMILES string of the molecule is COC=C(CC(C)C(=O)OC)C(=O)OC. The third-order valence-corrected chi connectivity index (χ3v) is 1.84. The van der Waals surface area contributed by atoms with Gasteiger partial charge in [0.1, 0.15) is 0 Å². The Morgan fingerprint density at radius 3 is 2.20 bits per heavy atom. The fraction of sp³-hybridized carbons (Fsp3) is 0.600. The van der Waals surface area contributed by atoms with Crippen molar-refractivity contribution in [2.24, 2.45) is 5.92 Å². The number of ether oxygens (including phenoxy) is 3. The summed E-state index contributed by atoms with van der Waals surface area (Å²) in [5.74, 6) is -1.29. The molecule has 0 aliphatic heterocycles. The van der Waals surface area contributed by atoms with Crippen molar-refractivity contribution in [2.75, 3.05) is 21.3 Å². The van der Waals surface area contributed by atoms with Gasteiger partial charge in [-0.1, -0.05) is 6.92 Å². The Kier molecular flexibility index (Phi) is 6.17. The van der Waals surface area contributed by atoms with Crippen molar-refractivity contribution in [3.05, 3.63) is 11.8 Å². The van der Waals surface area contributed by atoms with Gasteiger partial charge >= 0.3 is 11.9 Å². The highest BCUT2D eigenvalue weighted by molar-refractivity contribution is 5.89. The predicted molar refractivity (Wildman–Crippen MR) is 52.9 cm³/mol. The Balaban J connectivity index is 4.49. The van der Waals surface area contributed by atoms with Gasteiger partial charge in [-0.05, 0) is 6.42 Å². The van der Waals surface area contributed by atoms with Crippen molar-refractivity contribution in [1.82, 2.24) is 0 Å². The Bertz CT molecular complexity index is 257. The third kappa shape index (κ3) is 4.49.